The topological polar surface area (TPSA) is 48.7 Å². The van der Waals surface area contributed by atoms with Crippen LogP contribution in [-0.4, -0.2) is 4.98 Å². The fraction of sp³-hybridized carbons (Fsp3) is 0.0909. The van der Waals surface area contributed by atoms with E-state index < -0.39 is 0 Å². The molecule has 86 valence electrons. The summed E-state index contributed by atoms with van der Waals surface area (Å²) < 4.78 is 13.3. The largest absolute Gasteiger partial charge is 0.357 e. The fourth-order valence-electron chi connectivity index (χ4n) is 1.26. The molecule has 0 spiro atoms. The van der Waals surface area contributed by atoms with E-state index in [4.69, 9.17) is 16.9 Å². The molecule has 0 aliphatic heterocycles. The van der Waals surface area contributed by atoms with E-state index >= 15 is 0 Å². The van der Waals surface area contributed by atoms with E-state index in [0.717, 1.165) is 11.3 Å². The summed E-state index contributed by atoms with van der Waals surface area (Å²) in [4.78, 5) is 4.30. The Morgan fingerprint density at radius 2 is 2.24 bits per heavy atom. The average molecular weight is 268 g/mol. The normalized spacial score (nSPS) is 9.94. The van der Waals surface area contributed by atoms with Crippen LogP contribution in [0.5, 0.6) is 0 Å². The fourth-order valence-corrected chi connectivity index (χ4v) is 2.20. The number of hydrogen-bond donors (Lipinski definition) is 1. The van der Waals surface area contributed by atoms with Gasteiger partial charge in [0.2, 0.25) is 0 Å². The Balaban J connectivity index is 2.08. The zero-order valence-corrected chi connectivity index (χ0v) is 10.1. The van der Waals surface area contributed by atoms with Crippen molar-refractivity contribution in [2.24, 2.45) is 0 Å². The number of anilines is 1. The molecule has 0 saturated heterocycles. The summed E-state index contributed by atoms with van der Waals surface area (Å²) in [7, 11) is 0. The van der Waals surface area contributed by atoms with Gasteiger partial charge in [0.25, 0.3) is 0 Å². The number of halogens is 2. The molecule has 1 aromatic heterocycles. The monoisotopic (exact) mass is 267 g/mol. The van der Waals surface area contributed by atoms with Gasteiger partial charge in [-0.1, -0.05) is 41.1 Å². The van der Waals surface area contributed by atoms with Gasteiger partial charge in [0.1, 0.15) is 16.8 Å². The van der Waals surface area contributed by atoms with Crippen molar-refractivity contribution in [1.29, 1.82) is 5.26 Å². The van der Waals surface area contributed by atoms with Crippen molar-refractivity contribution in [3.05, 3.63) is 45.7 Å². The molecule has 0 aliphatic rings. The van der Waals surface area contributed by atoms with Gasteiger partial charge in [-0.25, -0.2) is 9.37 Å². The van der Waals surface area contributed by atoms with E-state index in [2.05, 4.69) is 10.3 Å². The van der Waals surface area contributed by atoms with Gasteiger partial charge in [0, 0.05) is 12.1 Å². The van der Waals surface area contributed by atoms with Crippen LogP contribution in [0.15, 0.2) is 24.3 Å². The van der Waals surface area contributed by atoms with Gasteiger partial charge in [-0.05, 0) is 6.07 Å². The second kappa shape index (κ2) is 5.13. The average Bonchev–Trinajstić information content (AvgIpc) is 2.69. The molecule has 2 rings (SSSR count). The number of nitrogens with zero attached hydrogens (tertiary/aromatic N) is 2. The van der Waals surface area contributed by atoms with E-state index in [1.165, 1.54) is 6.07 Å². The first-order valence-corrected chi connectivity index (χ1v) is 5.94. The van der Waals surface area contributed by atoms with Gasteiger partial charge in [0.05, 0.1) is 0 Å². The summed E-state index contributed by atoms with van der Waals surface area (Å²) in [5.41, 5.74) is 0.539. The summed E-state index contributed by atoms with van der Waals surface area (Å²) in [6, 6.07) is 8.41. The predicted molar refractivity (Wildman–Crippen MR) is 65.6 cm³/mol. The lowest BCUT2D eigenvalue weighted by Gasteiger charge is -2.03. The Kier molecular flexibility index (Phi) is 3.57. The van der Waals surface area contributed by atoms with Crippen molar-refractivity contribution in [2.45, 2.75) is 6.54 Å². The molecule has 1 N–H and O–H groups in total. The van der Waals surface area contributed by atoms with Crippen LogP contribution in [0.25, 0.3) is 0 Å². The minimum atomic E-state index is -0.275. The van der Waals surface area contributed by atoms with Crippen LogP contribution in [0.3, 0.4) is 0 Å². The number of benzene rings is 1. The Hall–Kier alpha value is -1.64. The van der Waals surface area contributed by atoms with E-state index in [1.54, 1.807) is 18.2 Å². The lowest BCUT2D eigenvalue weighted by molar-refractivity contribution is 0.613. The second-order valence-electron chi connectivity index (χ2n) is 3.20. The number of nitrogens with one attached hydrogen (secondary N) is 1. The molecule has 6 heteroatoms. The third kappa shape index (κ3) is 2.73. The Morgan fingerprint density at radius 3 is 2.88 bits per heavy atom. The molecule has 0 amide bonds. The maximum atomic E-state index is 13.3. The molecule has 17 heavy (non-hydrogen) atoms. The summed E-state index contributed by atoms with van der Waals surface area (Å²) in [5, 5.41) is 12.3. The highest BCUT2D eigenvalue weighted by molar-refractivity contribution is 7.16. The predicted octanol–water partition coefficient (Wildman–Crippen LogP) is 3.42. The molecule has 1 aromatic carbocycles. The summed E-state index contributed by atoms with van der Waals surface area (Å²) >= 11 is 6.87. The molecule has 3 nitrogen and oxygen atoms in total. The summed E-state index contributed by atoms with van der Waals surface area (Å²) in [5.74, 6) is -0.275. The lowest BCUT2D eigenvalue weighted by atomic mass is 10.2. The zero-order valence-electron chi connectivity index (χ0n) is 8.58. The minimum absolute atomic E-state index is 0.175. The van der Waals surface area contributed by atoms with Crippen LogP contribution >= 0.6 is 22.9 Å². The lowest BCUT2D eigenvalue weighted by Crippen LogP contribution is -2.00. The molecule has 2 aromatic rings. The number of rotatable bonds is 3. The van der Waals surface area contributed by atoms with E-state index in [9.17, 15) is 4.39 Å². The second-order valence-corrected chi connectivity index (χ2v) is 4.55. The minimum Gasteiger partial charge on any atom is -0.357 e. The summed E-state index contributed by atoms with van der Waals surface area (Å²) in [6.45, 7) is 0.307. The van der Waals surface area contributed by atoms with Gasteiger partial charge in [-0.3, -0.25) is 0 Å². The molecule has 0 saturated carbocycles. The van der Waals surface area contributed by atoms with Crippen molar-refractivity contribution in [2.75, 3.05) is 5.32 Å². The number of hydrogen-bond acceptors (Lipinski definition) is 4. The standard InChI is InChI=1S/C11H7ClFN3S/c12-10-9(5-14)17-11(16-10)15-6-7-3-1-2-4-8(7)13/h1-4H,6H2,(H,15,16). The Labute approximate surface area is 106 Å². The molecule has 0 fully saturated rings. The van der Waals surface area contributed by atoms with Crippen molar-refractivity contribution < 1.29 is 4.39 Å². The third-order valence-electron chi connectivity index (χ3n) is 2.08. The molecule has 1 heterocycles. The number of thiazole rings is 1. The maximum Gasteiger partial charge on any atom is 0.185 e. The van der Waals surface area contributed by atoms with Crippen LogP contribution in [0.1, 0.15) is 10.4 Å². The first-order chi connectivity index (χ1) is 8.20. The van der Waals surface area contributed by atoms with Crippen LogP contribution in [0, 0.1) is 17.1 Å². The highest BCUT2D eigenvalue weighted by Crippen LogP contribution is 2.26. The van der Waals surface area contributed by atoms with Gasteiger partial charge in [0.15, 0.2) is 10.3 Å². The van der Waals surface area contributed by atoms with Gasteiger partial charge in [-0.15, -0.1) is 0 Å². The van der Waals surface area contributed by atoms with Crippen LogP contribution in [0.2, 0.25) is 5.15 Å². The van der Waals surface area contributed by atoms with Crippen molar-refractivity contribution in [3.8, 4) is 6.07 Å². The van der Waals surface area contributed by atoms with Gasteiger partial charge in [-0.2, -0.15) is 5.26 Å². The molecule has 0 aliphatic carbocycles. The Bertz CT molecular complexity index is 576. The quantitative estimate of drug-likeness (QED) is 0.927. The first-order valence-electron chi connectivity index (χ1n) is 4.74. The molecule has 0 radical (unpaired) electrons. The summed E-state index contributed by atoms with van der Waals surface area (Å²) in [6.07, 6.45) is 0. The number of aromatic nitrogens is 1. The molecule has 0 atom stereocenters. The van der Waals surface area contributed by atoms with Crippen LogP contribution in [-0.2, 0) is 6.54 Å². The first kappa shape index (κ1) is 11.8. The van der Waals surface area contributed by atoms with Crippen molar-refractivity contribution in [3.63, 3.8) is 0 Å². The van der Waals surface area contributed by atoms with E-state index in [-0.39, 0.29) is 11.0 Å². The smallest absolute Gasteiger partial charge is 0.185 e. The molecule has 0 bridgehead atoms. The van der Waals surface area contributed by atoms with E-state index in [1.807, 2.05) is 6.07 Å². The Morgan fingerprint density at radius 1 is 1.47 bits per heavy atom. The van der Waals surface area contributed by atoms with Crippen LogP contribution in [0.4, 0.5) is 9.52 Å². The highest BCUT2D eigenvalue weighted by atomic mass is 35.5. The molecular weight excluding hydrogens is 261 g/mol. The van der Waals surface area contributed by atoms with E-state index in [0.29, 0.717) is 22.1 Å². The molecule has 0 unspecified atom stereocenters. The van der Waals surface area contributed by atoms with Gasteiger partial charge < -0.3 is 5.32 Å². The van der Waals surface area contributed by atoms with Crippen molar-refractivity contribution in [1.82, 2.24) is 4.98 Å². The van der Waals surface area contributed by atoms with Crippen molar-refractivity contribution >= 4 is 28.1 Å². The SMILES string of the molecule is N#Cc1sc(NCc2ccccc2F)nc1Cl. The number of nitriles is 1. The maximum absolute atomic E-state index is 13.3. The molecular formula is C11H7ClFN3S. The van der Waals surface area contributed by atoms with Crippen LogP contribution < -0.4 is 5.32 Å². The highest BCUT2D eigenvalue weighted by Gasteiger charge is 2.08. The van der Waals surface area contributed by atoms with Gasteiger partial charge >= 0.3 is 0 Å². The zero-order chi connectivity index (χ0) is 12.3. The third-order valence-corrected chi connectivity index (χ3v) is 3.38.